The van der Waals surface area contributed by atoms with Crippen LogP contribution in [0.5, 0.6) is 0 Å². The predicted molar refractivity (Wildman–Crippen MR) is 85.3 cm³/mol. The van der Waals surface area contributed by atoms with Gasteiger partial charge in [-0.05, 0) is 52.7 Å². The zero-order valence-electron chi connectivity index (χ0n) is 13.6. The van der Waals surface area contributed by atoms with Crippen LogP contribution in [0.15, 0.2) is 24.4 Å². The highest BCUT2D eigenvalue weighted by Crippen LogP contribution is 2.28. The molecule has 1 aromatic heterocycles. The van der Waals surface area contributed by atoms with E-state index in [2.05, 4.69) is 48.6 Å². The number of carbonyl (C=O) groups excluding carboxylic acids is 2. The highest BCUT2D eigenvalue weighted by molar-refractivity contribution is 6.39. The Labute approximate surface area is 131 Å². The van der Waals surface area contributed by atoms with Crippen LogP contribution in [0.1, 0.15) is 40.5 Å². The summed E-state index contributed by atoms with van der Waals surface area (Å²) in [7, 11) is 0. The van der Waals surface area contributed by atoms with E-state index in [9.17, 15) is 9.59 Å². The monoisotopic (exact) mass is 304 g/mol. The van der Waals surface area contributed by atoms with Crippen LogP contribution in [0.4, 0.5) is 5.82 Å². The summed E-state index contributed by atoms with van der Waals surface area (Å²) in [4.78, 5) is 28.0. The fourth-order valence-electron chi connectivity index (χ4n) is 3.29. The maximum Gasteiger partial charge on any atom is 0.314 e. The molecule has 1 saturated heterocycles. The largest absolute Gasteiger partial charge is 0.345 e. The minimum atomic E-state index is -0.687. The normalized spacial score (nSPS) is 20.2. The first kappa shape index (κ1) is 16.4. The van der Waals surface area contributed by atoms with Crippen LogP contribution < -0.4 is 16.0 Å². The first-order valence-electron chi connectivity index (χ1n) is 7.49. The molecule has 0 aliphatic carbocycles. The average molecular weight is 304 g/mol. The molecule has 3 N–H and O–H groups in total. The second-order valence-corrected chi connectivity index (χ2v) is 7.14. The fourth-order valence-corrected chi connectivity index (χ4v) is 3.29. The van der Waals surface area contributed by atoms with E-state index in [1.165, 1.54) is 0 Å². The Balaban J connectivity index is 1.95. The molecule has 0 aromatic carbocycles. The Kier molecular flexibility index (Phi) is 4.51. The maximum absolute atomic E-state index is 12.1. The van der Waals surface area contributed by atoms with Crippen molar-refractivity contribution in [3.05, 3.63) is 24.4 Å². The lowest BCUT2D eigenvalue weighted by molar-refractivity contribution is -0.137. The van der Waals surface area contributed by atoms with Gasteiger partial charge in [-0.15, -0.1) is 0 Å². The molecule has 1 aromatic rings. The van der Waals surface area contributed by atoms with Gasteiger partial charge in [0.1, 0.15) is 5.82 Å². The molecular formula is C16H24N4O2. The summed E-state index contributed by atoms with van der Waals surface area (Å²) in [5.41, 5.74) is -0.172. The highest BCUT2D eigenvalue weighted by atomic mass is 16.2. The van der Waals surface area contributed by atoms with Crippen molar-refractivity contribution in [2.45, 2.75) is 57.7 Å². The SMILES string of the molecule is CC1(C)CC(NC(=O)C(=O)Nc2ccccn2)CC(C)(C)N1. The number of aromatic nitrogens is 1. The van der Waals surface area contributed by atoms with E-state index in [0.717, 1.165) is 12.8 Å². The van der Waals surface area contributed by atoms with Gasteiger partial charge in [-0.2, -0.15) is 0 Å². The van der Waals surface area contributed by atoms with Crippen molar-refractivity contribution in [2.24, 2.45) is 0 Å². The Morgan fingerprint density at radius 1 is 1.14 bits per heavy atom. The summed E-state index contributed by atoms with van der Waals surface area (Å²) < 4.78 is 0. The van der Waals surface area contributed by atoms with Crippen LogP contribution in [-0.2, 0) is 9.59 Å². The van der Waals surface area contributed by atoms with E-state index < -0.39 is 11.8 Å². The van der Waals surface area contributed by atoms with E-state index in [-0.39, 0.29) is 17.1 Å². The first-order valence-corrected chi connectivity index (χ1v) is 7.49. The first-order chi connectivity index (χ1) is 10.2. The van der Waals surface area contributed by atoms with Crippen LogP contribution in [0.3, 0.4) is 0 Å². The Morgan fingerprint density at radius 2 is 1.77 bits per heavy atom. The molecule has 0 radical (unpaired) electrons. The number of carbonyl (C=O) groups is 2. The zero-order valence-corrected chi connectivity index (χ0v) is 13.6. The lowest BCUT2D eigenvalue weighted by Gasteiger charge is -2.46. The summed E-state index contributed by atoms with van der Waals surface area (Å²) in [6, 6.07) is 5.10. The van der Waals surface area contributed by atoms with Gasteiger partial charge in [0.15, 0.2) is 0 Å². The molecule has 0 unspecified atom stereocenters. The van der Waals surface area contributed by atoms with Gasteiger partial charge < -0.3 is 16.0 Å². The fraction of sp³-hybridized carbons (Fsp3) is 0.562. The van der Waals surface area contributed by atoms with Crippen molar-refractivity contribution in [3.8, 4) is 0 Å². The van der Waals surface area contributed by atoms with Crippen molar-refractivity contribution in [1.82, 2.24) is 15.6 Å². The molecule has 1 aliphatic rings. The van der Waals surface area contributed by atoms with Crippen LogP contribution in [0.2, 0.25) is 0 Å². The van der Waals surface area contributed by atoms with E-state index in [1.807, 2.05) is 0 Å². The van der Waals surface area contributed by atoms with Gasteiger partial charge in [0.2, 0.25) is 0 Å². The summed E-state index contributed by atoms with van der Waals surface area (Å²) in [5.74, 6) is -0.939. The van der Waals surface area contributed by atoms with Crippen LogP contribution >= 0.6 is 0 Å². The molecule has 2 rings (SSSR count). The van der Waals surface area contributed by atoms with Gasteiger partial charge in [-0.1, -0.05) is 6.07 Å². The summed E-state index contributed by atoms with van der Waals surface area (Å²) in [5, 5.41) is 8.87. The van der Waals surface area contributed by atoms with Gasteiger partial charge in [0.25, 0.3) is 0 Å². The average Bonchev–Trinajstić information content (AvgIpc) is 2.35. The highest BCUT2D eigenvalue weighted by Gasteiger charge is 2.38. The molecule has 120 valence electrons. The number of rotatable bonds is 2. The Bertz CT molecular complexity index is 539. The number of anilines is 1. The van der Waals surface area contributed by atoms with Crippen molar-refractivity contribution < 1.29 is 9.59 Å². The number of hydrogen-bond acceptors (Lipinski definition) is 4. The van der Waals surface area contributed by atoms with Crippen molar-refractivity contribution in [2.75, 3.05) is 5.32 Å². The second-order valence-electron chi connectivity index (χ2n) is 7.14. The lowest BCUT2D eigenvalue weighted by Crippen LogP contribution is -2.62. The topological polar surface area (TPSA) is 83.1 Å². The molecule has 1 aliphatic heterocycles. The molecule has 0 saturated carbocycles. The van der Waals surface area contributed by atoms with E-state index >= 15 is 0 Å². The van der Waals surface area contributed by atoms with Gasteiger partial charge in [0, 0.05) is 23.3 Å². The van der Waals surface area contributed by atoms with Crippen molar-refractivity contribution in [1.29, 1.82) is 0 Å². The summed E-state index contributed by atoms with van der Waals surface area (Å²) in [6.45, 7) is 8.39. The third kappa shape index (κ3) is 4.53. The Hall–Kier alpha value is -1.95. The molecule has 0 spiro atoms. The smallest absolute Gasteiger partial charge is 0.314 e. The van der Waals surface area contributed by atoms with Crippen LogP contribution in [-0.4, -0.2) is 33.9 Å². The lowest BCUT2D eigenvalue weighted by atomic mass is 9.79. The number of nitrogens with one attached hydrogen (secondary N) is 3. The molecule has 0 atom stereocenters. The third-order valence-electron chi connectivity index (χ3n) is 3.64. The number of nitrogens with zero attached hydrogens (tertiary/aromatic N) is 1. The second kappa shape index (κ2) is 6.04. The number of amides is 2. The van der Waals surface area contributed by atoms with E-state index in [0.29, 0.717) is 5.82 Å². The molecule has 0 bridgehead atoms. The van der Waals surface area contributed by atoms with Gasteiger partial charge >= 0.3 is 11.8 Å². The van der Waals surface area contributed by atoms with E-state index in [4.69, 9.17) is 0 Å². The van der Waals surface area contributed by atoms with Crippen LogP contribution in [0.25, 0.3) is 0 Å². The standard InChI is InChI=1S/C16H24N4O2/c1-15(2)9-11(10-16(3,4)20-15)18-13(21)14(22)19-12-7-5-6-8-17-12/h5-8,11,20H,9-10H2,1-4H3,(H,18,21)(H,17,19,22). The minimum absolute atomic E-state index is 0.0340. The summed E-state index contributed by atoms with van der Waals surface area (Å²) in [6.07, 6.45) is 3.11. The molecule has 6 nitrogen and oxygen atoms in total. The molecule has 2 amide bonds. The number of piperidine rings is 1. The minimum Gasteiger partial charge on any atom is -0.345 e. The maximum atomic E-state index is 12.1. The number of pyridine rings is 1. The predicted octanol–water partition coefficient (Wildman–Crippen LogP) is 1.45. The molecular weight excluding hydrogens is 280 g/mol. The molecule has 6 heteroatoms. The van der Waals surface area contributed by atoms with Crippen molar-refractivity contribution in [3.63, 3.8) is 0 Å². The third-order valence-corrected chi connectivity index (χ3v) is 3.64. The molecule has 22 heavy (non-hydrogen) atoms. The Morgan fingerprint density at radius 3 is 2.32 bits per heavy atom. The van der Waals surface area contributed by atoms with Gasteiger partial charge in [-0.3, -0.25) is 9.59 Å². The quantitative estimate of drug-likeness (QED) is 0.722. The zero-order chi connectivity index (χ0) is 16.4. The molecule has 2 heterocycles. The van der Waals surface area contributed by atoms with Gasteiger partial charge in [0.05, 0.1) is 0 Å². The van der Waals surface area contributed by atoms with E-state index in [1.54, 1.807) is 24.4 Å². The summed E-state index contributed by atoms with van der Waals surface area (Å²) >= 11 is 0. The van der Waals surface area contributed by atoms with Crippen molar-refractivity contribution >= 4 is 17.6 Å². The number of hydrogen-bond donors (Lipinski definition) is 3. The molecule has 1 fully saturated rings. The van der Waals surface area contributed by atoms with Crippen LogP contribution in [0, 0.1) is 0 Å². The van der Waals surface area contributed by atoms with Gasteiger partial charge in [-0.25, -0.2) is 4.98 Å².